The van der Waals surface area contributed by atoms with Gasteiger partial charge in [0.15, 0.2) is 0 Å². The lowest BCUT2D eigenvalue weighted by Gasteiger charge is -2.03. The predicted octanol–water partition coefficient (Wildman–Crippen LogP) is 4.27. The number of hydrogen-bond acceptors (Lipinski definition) is 2. The smallest absolute Gasteiger partial charge is 0.257 e. The molecule has 142 valence electrons. The summed E-state index contributed by atoms with van der Waals surface area (Å²) in [5.74, 6) is -0.176. The Morgan fingerprint density at radius 2 is 1.76 bits per heavy atom. The van der Waals surface area contributed by atoms with E-state index in [2.05, 4.69) is 15.3 Å². The molecule has 5 rings (SSSR count). The first-order valence-corrected chi connectivity index (χ1v) is 9.25. The molecule has 0 spiro atoms. The number of amides is 1. The molecule has 0 aliphatic heterocycles. The van der Waals surface area contributed by atoms with Crippen LogP contribution in [-0.4, -0.2) is 20.4 Å². The lowest BCUT2D eigenvalue weighted by atomic mass is 10.1. The van der Waals surface area contributed by atoms with Crippen LogP contribution in [0.4, 0.5) is 5.69 Å². The molecule has 0 atom stereocenters. The van der Waals surface area contributed by atoms with Gasteiger partial charge in [-0.15, -0.1) is 0 Å². The van der Waals surface area contributed by atoms with Crippen LogP contribution >= 0.6 is 0 Å². The topological polar surface area (TPSA) is 82.7 Å². The number of nitrogens with one attached hydrogen (secondary N) is 3. The Balaban J connectivity index is 1.52. The van der Waals surface area contributed by atoms with Gasteiger partial charge in [-0.25, -0.2) is 0 Å². The number of aromatic nitrogens is 3. The molecule has 2 aromatic carbocycles. The number of hydrogen-bond donors (Lipinski definition) is 3. The van der Waals surface area contributed by atoms with Gasteiger partial charge in [0.25, 0.3) is 11.5 Å². The molecule has 3 heterocycles. The summed E-state index contributed by atoms with van der Waals surface area (Å²) < 4.78 is 1.87. The average Bonchev–Trinajstić information content (AvgIpc) is 3.32. The zero-order valence-electron chi connectivity index (χ0n) is 15.7. The minimum absolute atomic E-state index is 0.155. The Morgan fingerprint density at radius 1 is 0.931 bits per heavy atom. The average molecular weight is 382 g/mol. The SMILES string of the molecule is Cn1ccc(NC(=O)c2ccc3[nH]c(-c4cc5ccccc5[nH]c4=O)cc3c2)c1. The van der Waals surface area contributed by atoms with Crippen LogP contribution in [0, 0.1) is 0 Å². The van der Waals surface area contributed by atoms with E-state index in [1.54, 1.807) is 6.07 Å². The number of H-pyrrole nitrogens is 2. The first-order valence-electron chi connectivity index (χ1n) is 9.25. The number of anilines is 1. The highest BCUT2D eigenvalue weighted by atomic mass is 16.1. The Bertz CT molecular complexity index is 1440. The van der Waals surface area contributed by atoms with Crippen molar-refractivity contribution in [2.75, 3.05) is 5.32 Å². The molecule has 5 aromatic rings. The predicted molar refractivity (Wildman–Crippen MR) is 115 cm³/mol. The van der Waals surface area contributed by atoms with Gasteiger partial charge in [0.1, 0.15) is 0 Å². The number of carbonyl (C=O) groups excluding carboxylic acids is 1. The molecular weight excluding hydrogens is 364 g/mol. The van der Waals surface area contributed by atoms with E-state index < -0.39 is 0 Å². The second kappa shape index (κ2) is 6.53. The van der Waals surface area contributed by atoms with E-state index in [-0.39, 0.29) is 11.5 Å². The minimum Gasteiger partial charge on any atom is -0.355 e. The fourth-order valence-electron chi connectivity index (χ4n) is 3.55. The molecule has 3 aromatic heterocycles. The van der Waals surface area contributed by atoms with Gasteiger partial charge in [-0.2, -0.15) is 0 Å². The molecule has 0 saturated heterocycles. The number of benzene rings is 2. The standard InChI is InChI=1S/C23H18N4O2/c1-27-9-8-17(13-27)24-22(28)15-6-7-20-16(10-15)12-21(25-20)18-11-14-4-2-3-5-19(14)26-23(18)29/h2-13,25H,1H3,(H,24,28)(H,26,29). The lowest BCUT2D eigenvalue weighted by Crippen LogP contribution is -2.11. The normalized spacial score (nSPS) is 11.2. The summed E-state index contributed by atoms with van der Waals surface area (Å²) in [5.41, 5.74) is 4.09. The highest BCUT2D eigenvalue weighted by Crippen LogP contribution is 2.25. The fraction of sp³-hybridized carbons (Fsp3) is 0.0435. The molecule has 0 bridgehead atoms. The number of para-hydroxylation sites is 1. The molecule has 0 unspecified atom stereocenters. The maximum atomic E-state index is 12.6. The molecule has 0 saturated carbocycles. The number of fused-ring (bicyclic) bond motifs is 2. The summed E-state index contributed by atoms with van der Waals surface area (Å²) in [6.45, 7) is 0. The van der Waals surface area contributed by atoms with Crippen LogP contribution < -0.4 is 10.9 Å². The van der Waals surface area contributed by atoms with Crippen LogP contribution in [0.25, 0.3) is 33.1 Å². The third-order valence-electron chi connectivity index (χ3n) is 5.02. The van der Waals surface area contributed by atoms with Crippen molar-refractivity contribution in [3.63, 3.8) is 0 Å². The van der Waals surface area contributed by atoms with Crippen LogP contribution in [0.15, 0.2) is 77.9 Å². The molecule has 0 aliphatic carbocycles. The van der Waals surface area contributed by atoms with Crippen molar-refractivity contribution in [1.29, 1.82) is 0 Å². The van der Waals surface area contributed by atoms with Gasteiger partial charge < -0.3 is 19.9 Å². The molecule has 6 heteroatoms. The van der Waals surface area contributed by atoms with Crippen LogP contribution in [0.3, 0.4) is 0 Å². The van der Waals surface area contributed by atoms with E-state index >= 15 is 0 Å². The maximum Gasteiger partial charge on any atom is 0.257 e. The molecule has 0 fully saturated rings. The Labute approximate surface area is 165 Å². The Morgan fingerprint density at radius 3 is 2.59 bits per heavy atom. The summed E-state index contributed by atoms with van der Waals surface area (Å²) in [6, 6.07) is 18.7. The molecule has 29 heavy (non-hydrogen) atoms. The fourth-order valence-corrected chi connectivity index (χ4v) is 3.55. The lowest BCUT2D eigenvalue weighted by molar-refractivity contribution is 0.102. The largest absolute Gasteiger partial charge is 0.355 e. The van der Waals surface area contributed by atoms with Crippen LogP contribution in [0.5, 0.6) is 0 Å². The van der Waals surface area contributed by atoms with Gasteiger partial charge >= 0.3 is 0 Å². The number of nitrogens with zero attached hydrogens (tertiary/aromatic N) is 1. The van der Waals surface area contributed by atoms with E-state index in [0.717, 1.165) is 27.5 Å². The van der Waals surface area contributed by atoms with Crippen molar-refractivity contribution in [3.8, 4) is 11.3 Å². The number of carbonyl (C=O) groups is 1. The van der Waals surface area contributed by atoms with Crippen molar-refractivity contribution in [3.05, 3.63) is 89.0 Å². The molecule has 6 nitrogen and oxygen atoms in total. The molecular formula is C23H18N4O2. The zero-order chi connectivity index (χ0) is 20.0. The van der Waals surface area contributed by atoms with Gasteiger partial charge in [-0.1, -0.05) is 18.2 Å². The van der Waals surface area contributed by atoms with Gasteiger partial charge in [0.2, 0.25) is 0 Å². The van der Waals surface area contributed by atoms with Crippen LogP contribution in [-0.2, 0) is 7.05 Å². The molecule has 1 amide bonds. The molecule has 0 radical (unpaired) electrons. The van der Waals surface area contributed by atoms with Gasteiger partial charge in [-0.3, -0.25) is 9.59 Å². The Hall–Kier alpha value is -4.06. The van der Waals surface area contributed by atoms with Gasteiger partial charge in [0, 0.05) is 41.4 Å². The maximum absolute atomic E-state index is 12.6. The monoisotopic (exact) mass is 382 g/mol. The first kappa shape index (κ1) is 17.1. The highest BCUT2D eigenvalue weighted by Gasteiger charge is 2.12. The third-order valence-corrected chi connectivity index (χ3v) is 5.02. The van der Waals surface area contributed by atoms with E-state index in [0.29, 0.717) is 16.8 Å². The quantitative estimate of drug-likeness (QED) is 0.435. The molecule has 0 aliphatic rings. The number of rotatable bonds is 3. The van der Waals surface area contributed by atoms with E-state index in [4.69, 9.17) is 0 Å². The number of aryl methyl sites for hydroxylation is 1. The number of pyridine rings is 1. The summed E-state index contributed by atoms with van der Waals surface area (Å²) >= 11 is 0. The summed E-state index contributed by atoms with van der Waals surface area (Å²) in [4.78, 5) is 31.3. The van der Waals surface area contributed by atoms with Crippen LogP contribution in [0.1, 0.15) is 10.4 Å². The van der Waals surface area contributed by atoms with Crippen LogP contribution in [0.2, 0.25) is 0 Å². The number of aromatic amines is 2. The summed E-state index contributed by atoms with van der Waals surface area (Å²) in [5, 5.41) is 4.72. The summed E-state index contributed by atoms with van der Waals surface area (Å²) in [6.07, 6.45) is 3.72. The highest BCUT2D eigenvalue weighted by molar-refractivity contribution is 6.06. The summed E-state index contributed by atoms with van der Waals surface area (Å²) in [7, 11) is 1.90. The van der Waals surface area contributed by atoms with E-state index in [9.17, 15) is 9.59 Å². The van der Waals surface area contributed by atoms with E-state index in [1.807, 2.05) is 78.6 Å². The van der Waals surface area contributed by atoms with Crippen molar-refractivity contribution >= 4 is 33.4 Å². The molecule has 3 N–H and O–H groups in total. The Kier molecular flexibility index (Phi) is 3.84. The third kappa shape index (κ3) is 3.10. The van der Waals surface area contributed by atoms with Crippen molar-refractivity contribution < 1.29 is 4.79 Å². The second-order valence-electron chi connectivity index (χ2n) is 7.10. The van der Waals surface area contributed by atoms with Gasteiger partial charge in [0.05, 0.1) is 16.9 Å². The first-order chi connectivity index (χ1) is 14.1. The minimum atomic E-state index is -0.176. The van der Waals surface area contributed by atoms with Gasteiger partial charge in [-0.05, 0) is 47.9 Å². The van der Waals surface area contributed by atoms with E-state index in [1.165, 1.54) is 0 Å². The zero-order valence-corrected chi connectivity index (χ0v) is 15.7. The van der Waals surface area contributed by atoms with Crippen molar-refractivity contribution in [1.82, 2.24) is 14.5 Å². The van der Waals surface area contributed by atoms with Crippen molar-refractivity contribution in [2.24, 2.45) is 7.05 Å². The van der Waals surface area contributed by atoms with Crippen molar-refractivity contribution in [2.45, 2.75) is 0 Å². The second-order valence-corrected chi connectivity index (χ2v) is 7.10.